The minimum atomic E-state index is 1.07. The van der Waals surface area contributed by atoms with Crippen molar-refractivity contribution in [1.29, 1.82) is 0 Å². The van der Waals surface area contributed by atoms with Gasteiger partial charge in [0.25, 0.3) is 0 Å². The highest BCUT2D eigenvalue weighted by Gasteiger charge is 2.04. The van der Waals surface area contributed by atoms with Gasteiger partial charge in [-0.3, -0.25) is 0 Å². The van der Waals surface area contributed by atoms with Gasteiger partial charge < -0.3 is 14.0 Å². The molecule has 0 saturated carbocycles. The standard InChI is InChI=1S/C19H33N5/c1-4-8-18-20-10-16-23(18)14-6-12-22(3)13-7-15-24-17-11-21-19(24)9-5-2/h10-11,16-17H,4-9,12-15H2,1-3H3. The molecule has 0 atom stereocenters. The van der Waals surface area contributed by atoms with Crippen LogP contribution in [0.25, 0.3) is 0 Å². The minimum absolute atomic E-state index is 1.07. The lowest BCUT2D eigenvalue weighted by Gasteiger charge is -2.17. The number of aryl methyl sites for hydroxylation is 4. The minimum Gasteiger partial charge on any atom is -0.335 e. The predicted molar refractivity (Wildman–Crippen MR) is 99.2 cm³/mol. The van der Waals surface area contributed by atoms with Crippen LogP contribution in [0.2, 0.25) is 0 Å². The van der Waals surface area contributed by atoms with E-state index >= 15 is 0 Å². The first-order chi connectivity index (χ1) is 11.7. The number of rotatable bonds is 12. The van der Waals surface area contributed by atoms with Crippen molar-refractivity contribution in [2.45, 2.75) is 65.5 Å². The first kappa shape index (κ1) is 18.7. The second-order valence-corrected chi connectivity index (χ2v) is 6.58. The average Bonchev–Trinajstić information content (AvgIpc) is 3.18. The predicted octanol–water partition coefficient (Wildman–Crippen LogP) is 3.40. The van der Waals surface area contributed by atoms with E-state index in [-0.39, 0.29) is 0 Å². The molecule has 0 amide bonds. The first-order valence-electron chi connectivity index (χ1n) is 9.43. The van der Waals surface area contributed by atoms with Gasteiger partial charge in [0.2, 0.25) is 0 Å². The topological polar surface area (TPSA) is 38.9 Å². The zero-order valence-electron chi connectivity index (χ0n) is 15.6. The smallest absolute Gasteiger partial charge is 0.108 e. The number of nitrogens with zero attached hydrogens (tertiary/aromatic N) is 5. The summed E-state index contributed by atoms with van der Waals surface area (Å²) in [6.45, 7) is 8.83. The average molecular weight is 332 g/mol. The normalized spacial score (nSPS) is 11.5. The molecule has 0 spiro atoms. The summed E-state index contributed by atoms with van der Waals surface area (Å²) < 4.78 is 4.61. The second-order valence-electron chi connectivity index (χ2n) is 6.58. The van der Waals surface area contributed by atoms with E-state index in [4.69, 9.17) is 0 Å². The van der Waals surface area contributed by atoms with Crippen LogP contribution in [0.15, 0.2) is 24.8 Å². The van der Waals surface area contributed by atoms with Crippen LogP contribution >= 0.6 is 0 Å². The summed E-state index contributed by atoms with van der Waals surface area (Å²) in [6.07, 6.45) is 14.9. The highest BCUT2D eigenvalue weighted by atomic mass is 15.1. The van der Waals surface area contributed by atoms with E-state index in [9.17, 15) is 0 Å². The van der Waals surface area contributed by atoms with E-state index in [0.717, 1.165) is 51.9 Å². The Morgan fingerprint density at radius 3 is 1.71 bits per heavy atom. The third-order valence-electron chi connectivity index (χ3n) is 4.43. The van der Waals surface area contributed by atoms with E-state index in [1.54, 1.807) is 0 Å². The largest absolute Gasteiger partial charge is 0.335 e. The summed E-state index contributed by atoms with van der Waals surface area (Å²) in [6, 6.07) is 0. The summed E-state index contributed by atoms with van der Waals surface area (Å²) >= 11 is 0. The molecular weight excluding hydrogens is 298 g/mol. The molecule has 5 nitrogen and oxygen atoms in total. The van der Waals surface area contributed by atoms with Gasteiger partial charge in [-0.25, -0.2) is 9.97 Å². The van der Waals surface area contributed by atoms with Gasteiger partial charge in [0.1, 0.15) is 11.6 Å². The maximum atomic E-state index is 4.45. The molecule has 0 aromatic carbocycles. The van der Waals surface area contributed by atoms with Crippen molar-refractivity contribution in [2.75, 3.05) is 20.1 Å². The van der Waals surface area contributed by atoms with Crippen molar-refractivity contribution in [3.63, 3.8) is 0 Å². The van der Waals surface area contributed by atoms with Crippen molar-refractivity contribution >= 4 is 0 Å². The van der Waals surface area contributed by atoms with Crippen LogP contribution in [0.3, 0.4) is 0 Å². The van der Waals surface area contributed by atoms with Crippen LogP contribution in [-0.4, -0.2) is 44.1 Å². The van der Waals surface area contributed by atoms with Gasteiger partial charge >= 0.3 is 0 Å². The Labute approximate surface area is 146 Å². The molecular formula is C19H33N5. The lowest BCUT2D eigenvalue weighted by atomic mass is 10.3. The van der Waals surface area contributed by atoms with Gasteiger partial charge in [-0.15, -0.1) is 0 Å². The molecule has 0 aliphatic carbocycles. The molecule has 134 valence electrons. The van der Waals surface area contributed by atoms with Crippen molar-refractivity contribution in [3.05, 3.63) is 36.4 Å². The van der Waals surface area contributed by atoms with Gasteiger partial charge in [-0.2, -0.15) is 0 Å². The third kappa shape index (κ3) is 5.78. The fourth-order valence-electron chi connectivity index (χ4n) is 3.12. The molecule has 2 aromatic rings. The Balaban J connectivity index is 1.63. The molecule has 0 radical (unpaired) electrons. The summed E-state index contributed by atoms with van der Waals surface area (Å²) in [5.74, 6) is 2.45. The van der Waals surface area contributed by atoms with Crippen LogP contribution in [0, 0.1) is 0 Å². The summed E-state index contributed by atoms with van der Waals surface area (Å²) in [7, 11) is 2.22. The molecule has 2 aromatic heterocycles. The first-order valence-corrected chi connectivity index (χ1v) is 9.43. The van der Waals surface area contributed by atoms with Gasteiger partial charge in [-0.1, -0.05) is 13.8 Å². The maximum absolute atomic E-state index is 4.45. The highest BCUT2D eigenvalue weighted by molar-refractivity contribution is 4.93. The van der Waals surface area contributed by atoms with Crippen molar-refractivity contribution < 1.29 is 0 Å². The van der Waals surface area contributed by atoms with Crippen LogP contribution in [-0.2, 0) is 25.9 Å². The summed E-state index contributed by atoms with van der Waals surface area (Å²) in [4.78, 5) is 11.3. The Kier molecular flexibility index (Phi) is 8.02. The van der Waals surface area contributed by atoms with Crippen LogP contribution in [0.1, 0.15) is 51.2 Å². The SMILES string of the molecule is CCCc1nccn1CCCN(C)CCCn1ccnc1CCC. The second kappa shape index (κ2) is 10.3. The molecule has 24 heavy (non-hydrogen) atoms. The van der Waals surface area contributed by atoms with Gasteiger partial charge in [0.15, 0.2) is 0 Å². The molecule has 0 N–H and O–H groups in total. The summed E-state index contributed by atoms with van der Waals surface area (Å²) in [5.41, 5.74) is 0. The number of hydrogen-bond acceptors (Lipinski definition) is 3. The number of hydrogen-bond donors (Lipinski definition) is 0. The molecule has 2 heterocycles. The lowest BCUT2D eigenvalue weighted by Crippen LogP contribution is -2.23. The molecule has 0 aliphatic heterocycles. The molecule has 0 unspecified atom stereocenters. The van der Waals surface area contributed by atoms with Crippen molar-refractivity contribution in [3.8, 4) is 0 Å². The zero-order valence-corrected chi connectivity index (χ0v) is 15.6. The molecule has 0 bridgehead atoms. The highest BCUT2D eigenvalue weighted by Crippen LogP contribution is 2.05. The maximum Gasteiger partial charge on any atom is 0.108 e. The van der Waals surface area contributed by atoms with Crippen LogP contribution < -0.4 is 0 Å². The van der Waals surface area contributed by atoms with Gasteiger partial charge in [0, 0.05) is 50.7 Å². The van der Waals surface area contributed by atoms with E-state index in [2.05, 4.69) is 57.3 Å². The van der Waals surface area contributed by atoms with Crippen LogP contribution in [0.5, 0.6) is 0 Å². The van der Waals surface area contributed by atoms with Gasteiger partial charge in [0.05, 0.1) is 0 Å². The van der Waals surface area contributed by atoms with E-state index < -0.39 is 0 Å². The lowest BCUT2D eigenvalue weighted by molar-refractivity contribution is 0.309. The Hall–Kier alpha value is -1.62. The van der Waals surface area contributed by atoms with E-state index in [1.165, 1.54) is 24.5 Å². The quantitative estimate of drug-likeness (QED) is 0.598. The molecule has 0 saturated heterocycles. The number of imidazole rings is 2. The van der Waals surface area contributed by atoms with Gasteiger partial charge in [-0.05, 0) is 45.8 Å². The molecule has 2 rings (SSSR count). The monoisotopic (exact) mass is 331 g/mol. The third-order valence-corrected chi connectivity index (χ3v) is 4.43. The Morgan fingerprint density at radius 1 is 0.833 bits per heavy atom. The van der Waals surface area contributed by atoms with E-state index in [0.29, 0.717) is 0 Å². The fourth-order valence-corrected chi connectivity index (χ4v) is 3.12. The number of aromatic nitrogens is 4. The van der Waals surface area contributed by atoms with Crippen LogP contribution in [0.4, 0.5) is 0 Å². The van der Waals surface area contributed by atoms with Crippen molar-refractivity contribution in [1.82, 2.24) is 24.0 Å². The summed E-state index contributed by atoms with van der Waals surface area (Å²) in [5, 5.41) is 0. The van der Waals surface area contributed by atoms with E-state index in [1.807, 2.05) is 12.4 Å². The fraction of sp³-hybridized carbons (Fsp3) is 0.684. The zero-order chi connectivity index (χ0) is 17.2. The molecule has 0 fully saturated rings. The van der Waals surface area contributed by atoms with Crippen molar-refractivity contribution in [2.24, 2.45) is 0 Å². The molecule has 5 heteroatoms. The Bertz CT molecular complexity index is 522. The Morgan fingerprint density at radius 2 is 1.29 bits per heavy atom. The molecule has 0 aliphatic rings.